The lowest BCUT2D eigenvalue weighted by molar-refractivity contribution is -0.220. The zero-order chi connectivity index (χ0) is 44.3. The van der Waals surface area contributed by atoms with E-state index in [2.05, 4.69) is 56.4 Å². The Kier molecular flexibility index (Phi) is 33.8. The van der Waals surface area contributed by atoms with Crippen molar-refractivity contribution in [2.75, 3.05) is 13.2 Å². The molecule has 14 heteroatoms. The monoisotopic (exact) mass is 873 g/mol. The first kappa shape index (κ1) is 55.8. The summed E-state index contributed by atoms with van der Waals surface area (Å²) >= 11 is 0. The second kappa shape index (κ2) is 36.3. The van der Waals surface area contributed by atoms with E-state index >= 15 is 0 Å². The first-order valence-corrected chi connectivity index (χ1v) is 24.4. The second-order valence-electron chi connectivity index (χ2n) is 15.9. The Morgan fingerprint density at radius 2 is 0.950 bits per heavy atom. The number of phosphoric ester groups is 1. The van der Waals surface area contributed by atoms with Gasteiger partial charge in [-0.1, -0.05) is 159 Å². The van der Waals surface area contributed by atoms with Gasteiger partial charge in [-0.25, -0.2) is 4.57 Å². The number of carbonyl (C=O) groups excluding carboxylic acids is 2. The van der Waals surface area contributed by atoms with Crippen LogP contribution in [0.2, 0.25) is 0 Å². The number of hydrogen-bond donors (Lipinski definition) is 6. The van der Waals surface area contributed by atoms with Gasteiger partial charge in [0.1, 0.15) is 43.2 Å². The van der Waals surface area contributed by atoms with Gasteiger partial charge in [0.05, 0.1) is 6.61 Å². The maximum atomic E-state index is 12.8. The number of allylic oxidation sites excluding steroid dienone is 8. The Balaban J connectivity index is 2.49. The molecule has 0 saturated heterocycles. The SMILES string of the molecule is CC/C=C/C/C=C/C/C=C/C/C=C/CCCCC(=O)O[C@@H](COC(=O)CCCCCCCCCCCCCCCCCC)COP(=O)(O)OC1C(O)C(O)C(O)[C@H](O)C1O. The minimum atomic E-state index is -5.13. The van der Waals surface area contributed by atoms with Gasteiger partial charge >= 0.3 is 19.8 Å². The Bertz CT molecular complexity index is 1240. The van der Waals surface area contributed by atoms with Crippen molar-refractivity contribution in [1.82, 2.24) is 0 Å². The van der Waals surface area contributed by atoms with E-state index in [4.69, 9.17) is 18.5 Å². The smallest absolute Gasteiger partial charge is 0.462 e. The fourth-order valence-electron chi connectivity index (χ4n) is 6.75. The van der Waals surface area contributed by atoms with Crippen LogP contribution in [0.4, 0.5) is 0 Å². The van der Waals surface area contributed by atoms with Gasteiger partial charge in [0.25, 0.3) is 0 Å². The largest absolute Gasteiger partial charge is 0.472 e. The average molecular weight is 873 g/mol. The molecule has 6 N–H and O–H groups in total. The highest BCUT2D eigenvalue weighted by molar-refractivity contribution is 7.47. The third-order valence-electron chi connectivity index (χ3n) is 10.4. The molecule has 1 rings (SSSR count). The van der Waals surface area contributed by atoms with Crippen LogP contribution in [0, 0.1) is 0 Å². The minimum Gasteiger partial charge on any atom is -0.462 e. The number of aliphatic hydroxyl groups excluding tert-OH is 5. The van der Waals surface area contributed by atoms with Crippen molar-refractivity contribution >= 4 is 19.8 Å². The number of carbonyl (C=O) groups is 2. The molecule has 1 aliphatic carbocycles. The first-order valence-electron chi connectivity index (χ1n) is 22.9. The van der Waals surface area contributed by atoms with Crippen LogP contribution in [0.1, 0.15) is 174 Å². The number of aliphatic hydroxyl groups is 5. The average Bonchev–Trinajstić information content (AvgIpc) is 3.23. The van der Waals surface area contributed by atoms with Gasteiger partial charge in [-0.15, -0.1) is 0 Å². The molecule has 6 unspecified atom stereocenters. The third-order valence-corrected chi connectivity index (χ3v) is 11.4. The van der Waals surface area contributed by atoms with E-state index in [-0.39, 0.29) is 12.8 Å². The van der Waals surface area contributed by atoms with Gasteiger partial charge in [0.15, 0.2) is 6.10 Å². The molecular formula is C46H81O13P. The summed E-state index contributed by atoms with van der Waals surface area (Å²) in [7, 11) is -5.13. The van der Waals surface area contributed by atoms with Crippen LogP contribution >= 0.6 is 7.82 Å². The minimum absolute atomic E-state index is 0.0447. The third kappa shape index (κ3) is 28.4. The van der Waals surface area contributed by atoms with E-state index < -0.39 is 75.7 Å². The Morgan fingerprint density at radius 3 is 1.45 bits per heavy atom. The van der Waals surface area contributed by atoms with E-state index in [1.807, 2.05) is 6.08 Å². The molecule has 0 aromatic rings. The summed E-state index contributed by atoms with van der Waals surface area (Å²) in [6.07, 6.45) is 28.9. The van der Waals surface area contributed by atoms with Crippen molar-refractivity contribution in [2.45, 2.75) is 217 Å². The molecule has 0 radical (unpaired) electrons. The molecule has 0 aromatic carbocycles. The lowest BCUT2D eigenvalue weighted by Crippen LogP contribution is -2.64. The molecule has 0 spiro atoms. The number of rotatable bonds is 37. The molecule has 0 aliphatic heterocycles. The van der Waals surface area contributed by atoms with Crippen molar-refractivity contribution < 1.29 is 63.1 Å². The highest BCUT2D eigenvalue weighted by atomic mass is 31.2. The summed E-state index contributed by atoms with van der Waals surface area (Å²) in [6, 6.07) is 0. The number of ether oxygens (including phenoxy) is 2. The molecule has 0 heterocycles. The van der Waals surface area contributed by atoms with E-state index in [0.29, 0.717) is 12.8 Å². The molecular weight excluding hydrogens is 791 g/mol. The van der Waals surface area contributed by atoms with Crippen molar-refractivity contribution in [3.63, 3.8) is 0 Å². The predicted molar refractivity (Wildman–Crippen MR) is 235 cm³/mol. The van der Waals surface area contributed by atoms with Crippen LogP contribution in [-0.2, 0) is 32.7 Å². The standard InChI is InChI=1S/C46H81O13P/c1-3-5-7-9-11-13-15-17-19-21-22-24-26-28-30-32-34-39(47)56-36-38(37-57-60(54,55)59-46-44(52)42(50)41(49)43(51)45(46)53)58-40(48)35-33-31-29-27-25-23-20-18-16-14-12-10-8-6-4-2/h6,8,12,14,18,20,25,27,38,41-46,49-53H,3-5,7,9-11,13,15-17,19,21-24,26,28-37H2,1-2H3,(H,54,55)/b8-6+,14-12+,20-18+,27-25+/t38-,41?,42-,43?,44?,45?,46?/m0/s1. The summed E-state index contributed by atoms with van der Waals surface area (Å²) in [5, 5.41) is 50.1. The first-order chi connectivity index (χ1) is 28.9. The van der Waals surface area contributed by atoms with E-state index in [1.54, 1.807) is 0 Å². The lowest BCUT2D eigenvalue weighted by Gasteiger charge is -2.41. The van der Waals surface area contributed by atoms with E-state index in [1.165, 1.54) is 77.0 Å². The number of hydrogen-bond acceptors (Lipinski definition) is 12. The van der Waals surface area contributed by atoms with Crippen molar-refractivity contribution in [1.29, 1.82) is 0 Å². The van der Waals surface area contributed by atoms with Crippen LogP contribution in [-0.4, -0.2) is 98.3 Å². The summed E-state index contributed by atoms with van der Waals surface area (Å²) in [4.78, 5) is 35.7. The molecule has 0 aromatic heterocycles. The summed E-state index contributed by atoms with van der Waals surface area (Å²) in [5.74, 6) is -1.15. The van der Waals surface area contributed by atoms with Gasteiger partial charge in [-0.2, -0.15) is 0 Å². The van der Waals surface area contributed by atoms with Gasteiger partial charge in [-0.3, -0.25) is 18.6 Å². The van der Waals surface area contributed by atoms with Gasteiger partial charge in [-0.05, 0) is 51.4 Å². The zero-order valence-electron chi connectivity index (χ0n) is 36.7. The normalized spacial score (nSPS) is 22.6. The quantitative estimate of drug-likeness (QED) is 0.0149. The maximum absolute atomic E-state index is 12.8. The number of esters is 2. The fourth-order valence-corrected chi connectivity index (χ4v) is 7.72. The molecule has 1 fully saturated rings. The second-order valence-corrected chi connectivity index (χ2v) is 17.3. The van der Waals surface area contributed by atoms with Crippen LogP contribution in [0.5, 0.6) is 0 Å². The van der Waals surface area contributed by atoms with E-state index in [9.17, 15) is 44.6 Å². The molecule has 0 amide bonds. The molecule has 1 aliphatic rings. The van der Waals surface area contributed by atoms with Gasteiger partial charge in [0.2, 0.25) is 0 Å². The number of phosphoric acid groups is 1. The van der Waals surface area contributed by atoms with E-state index in [0.717, 1.165) is 57.8 Å². The molecule has 0 bridgehead atoms. The summed E-state index contributed by atoms with van der Waals surface area (Å²) in [6.45, 7) is 3.15. The van der Waals surface area contributed by atoms with Crippen molar-refractivity contribution in [3.8, 4) is 0 Å². The molecule has 348 valence electrons. The van der Waals surface area contributed by atoms with Crippen LogP contribution in [0.3, 0.4) is 0 Å². The summed E-state index contributed by atoms with van der Waals surface area (Å²) in [5.41, 5.74) is 0. The Hall–Kier alpha value is -2.19. The fraction of sp³-hybridized carbons (Fsp3) is 0.783. The molecule has 60 heavy (non-hydrogen) atoms. The number of unbranched alkanes of at least 4 members (excludes halogenated alkanes) is 17. The van der Waals surface area contributed by atoms with Crippen LogP contribution < -0.4 is 0 Å². The summed E-state index contributed by atoms with van der Waals surface area (Å²) < 4.78 is 33.5. The maximum Gasteiger partial charge on any atom is 0.472 e. The highest BCUT2D eigenvalue weighted by Gasteiger charge is 2.51. The topological polar surface area (TPSA) is 210 Å². The van der Waals surface area contributed by atoms with Crippen LogP contribution in [0.15, 0.2) is 48.6 Å². The molecule has 13 nitrogen and oxygen atoms in total. The van der Waals surface area contributed by atoms with Gasteiger partial charge in [0, 0.05) is 12.8 Å². The van der Waals surface area contributed by atoms with Crippen molar-refractivity contribution in [3.05, 3.63) is 48.6 Å². The Labute approximate surface area is 360 Å². The zero-order valence-corrected chi connectivity index (χ0v) is 37.6. The van der Waals surface area contributed by atoms with Gasteiger partial charge < -0.3 is 39.9 Å². The molecule has 1 saturated carbocycles. The molecule has 8 atom stereocenters. The Morgan fingerprint density at radius 1 is 0.533 bits per heavy atom. The van der Waals surface area contributed by atoms with Crippen molar-refractivity contribution in [2.24, 2.45) is 0 Å². The van der Waals surface area contributed by atoms with Crippen LogP contribution in [0.25, 0.3) is 0 Å². The predicted octanol–water partition coefficient (Wildman–Crippen LogP) is 8.78. The highest BCUT2D eigenvalue weighted by Crippen LogP contribution is 2.47. The lowest BCUT2D eigenvalue weighted by atomic mass is 9.85.